The Balaban J connectivity index is 2.06. The number of rotatable bonds is 3. The number of hydrogen-bond acceptors (Lipinski definition) is 2. The maximum atomic E-state index is 10.2. The largest absolute Gasteiger partial charge is 0.490 e. The summed E-state index contributed by atoms with van der Waals surface area (Å²) in [5, 5.41) is 0.739. The van der Waals surface area contributed by atoms with E-state index in [-0.39, 0.29) is 6.10 Å². The third-order valence-corrected chi connectivity index (χ3v) is 2.61. The van der Waals surface area contributed by atoms with Crippen molar-refractivity contribution in [2.75, 3.05) is 0 Å². The number of carbonyl (C=O) groups excluding carboxylic acids is 1. The zero-order chi connectivity index (χ0) is 9.97. The van der Waals surface area contributed by atoms with Gasteiger partial charge in [0.15, 0.2) is 0 Å². The molecule has 1 aromatic carbocycles. The lowest BCUT2D eigenvalue weighted by atomic mass is 10.1. The Bertz CT molecular complexity index is 349. The topological polar surface area (TPSA) is 26.3 Å². The molecule has 0 saturated heterocycles. The fraction of sp³-hybridized carbons (Fsp3) is 0.364. The molecule has 0 spiro atoms. The molecule has 0 amide bonds. The summed E-state index contributed by atoms with van der Waals surface area (Å²) in [6.07, 6.45) is 3.29. The minimum absolute atomic E-state index is 0.147. The van der Waals surface area contributed by atoms with Crippen molar-refractivity contribution < 1.29 is 9.53 Å². The first kappa shape index (κ1) is 9.53. The van der Waals surface area contributed by atoms with E-state index >= 15 is 0 Å². The van der Waals surface area contributed by atoms with Crippen molar-refractivity contribution in [2.45, 2.75) is 25.4 Å². The van der Waals surface area contributed by atoms with E-state index in [1.807, 2.05) is 18.2 Å². The molecule has 0 bridgehead atoms. The van der Waals surface area contributed by atoms with Crippen LogP contribution in [-0.4, -0.2) is 12.4 Å². The molecule has 1 heterocycles. The van der Waals surface area contributed by atoms with Crippen molar-refractivity contribution in [3.8, 4) is 5.75 Å². The van der Waals surface area contributed by atoms with Gasteiger partial charge in [-0.3, -0.25) is 0 Å². The first-order chi connectivity index (χ1) is 6.79. The summed E-state index contributed by atoms with van der Waals surface area (Å²) in [6.45, 7) is 0. The van der Waals surface area contributed by atoms with Gasteiger partial charge in [0.25, 0.3) is 0 Å². The highest BCUT2D eigenvalue weighted by molar-refractivity contribution is 6.30. The molecule has 1 aliphatic rings. The molecular weight excluding hydrogens is 200 g/mol. The van der Waals surface area contributed by atoms with E-state index in [0.717, 1.165) is 35.5 Å². The third kappa shape index (κ3) is 1.90. The second-order valence-electron chi connectivity index (χ2n) is 3.44. The summed E-state index contributed by atoms with van der Waals surface area (Å²) in [6, 6.07) is 5.64. The summed E-state index contributed by atoms with van der Waals surface area (Å²) in [7, 11) is 0. The molecule has 0 saturated carbocycles. The van der Waals surface area contributed by atoms with Crippen molar-refractivity contribution in [1.82, 2.24) is 0 Å². The molecule has 0 fully saturated rings. The van der Waals surface area contributed by atoms with Gasteiger partial charge in [-0.2, -0.15) is 0 Å². The van der Waals surface area contributed by atoms with Gasteiger partial charge in [-0.1, -0.05) is 11.6 Å². The third-order valence-electron chi connectivity index (χ3n) is 2.37. The van der Waals surface area contributed by atoms with E-state index in [9.17, 15) is 4.79 Å². The van der Waals surface area contributed by atoms with Crippen LogP contribution >= 0.6 is 11.6 Å². The maximum absolute atomic E-state index is 10.2. The second kappa shape index (κ2) is 4.01. The molecule has 2 nitrogen and oxygen atoms in total. The molecule has 0 aliphatic carbocycles. The molecule has 0 aromatic heterocycles. The Morgan fingerprint density at radius 3 is 3.21 bits per heavy atom. The van der Waals surface area contributed by atoms with Gasteiger partial charge in [-0.15, -0.1) is 0 Å². The molecular formula is C11H11ClO2. The molecule has 1 atom stereocenters. The van der Waals surface area contributed by atoms with Gasteiger partial charge in [0, 0.05) is 17.9 Å². The number of benzene rings is 1. The summed E-state index contributed by atoms with van der Waals surface area (Å²) in [4.78, 5) is 10.2. The van der Waals surface area contributed by atoms with Crippen LogP contribution in [0.1, 0.15) is 18.4 Å². The van der Waals surface area contributed by atoms with Crippen molar-refractivity contribution in [1.29, 1.82) is 0 Å². The highest BCUT2D eigenvalue weighted by Gasteiger charge is 2.22. The molecule has 0 N–H and O–H groups in total. The monoisotopic (exact) mass is 210 g/mol. The van der Waals surface area contributed by atoms with Crippen LogP contribution in [0.25, 0.3) is 0 Å². The highest BCUT2D eigenvalue weighted by atomic mass is 35.5. The standard InChI is InChI=1S/C11H11ClO2/c12-9-3-4-11-8(6-9)7-10(14-11)2-1-5-13/h3-6,10H,1-2,7H2. The smallest absolute Gasteiger partial charge is 0.123 e. The van der Waals surface area contributed by atoms with Gasteiger partial charge in [-0.05, 0) is 30.2 Å². The summed E-state index contributed by atoms with van der Waals surface area (Å²) >= 11 is 5.86. The fourth-order valence-electron chi connectivity index (χ4n) is 1.70. The zero-order valence-electron chi connectivity index (χ0n) is 7.70. The average Bonchev–Trinajstić information content (AvgIpc) is 2.56. The normalized spacial score (nSPS) is 18.8. The van der Waals surface area contributed by atoms with Crippen LogP contribution in [0.15, 0.2) is 18.2 Å². The SMILES string of the molecule is O=CCCC1Cc2cc(Cl)ccc2O1. The Morgan fingerprint density at radius 1 is 1.57 bits per heavy atom. The van der Waals surface area contributed by atoms with E-state index in [4.69, 9.17) is 16.3 Å². The van der Waals surface area contributed by atoms with Crippen molar-refractivity contribution >= 4 is 17.9 Å². The second-order valence-corrected chi connectivity index (χ2v) is 3.88. The van der Waals surface area contributed by atoms with E-state index in [1.165, 1.54) is 0 Å². The van der Waals surface area contributed by atoms with Gasteiger partial charge in [0.05, 0.1) is 0 Å². The van der Waals surface area contributed by atoms with Gasteiger partial charge in [0.2, 0.25) is 0 Å². The number of carbonyl (C=O) groups is 1. The van der Waals surface area contributed by atoms with Crippen molar-refractivity contribution in [3.63, 3.8) is 0 Å². The van der Waals surface area contributed by atoms with Crippen LogP contribution < -0.4 is 4.74 Å². The van der Waals surface area contributed by atoms with Gasteiger partial charge in [-0.25, -0.2) is 0 Å². The van der Waals surface area contributed by atoms with E-state index in [0.29, 0.717) is 6.42 Å². The Morgan fingerprint density at radius 2 is 2.43 bits per heavy atom. The fourth-order valence-corrected chi connectivity index (χ4v) is 1.90. The van der Waals surface area contributed by atoms with Crippen molar-refractivity contribution in [3.05, 3.63) is 28.8 Å². The van der Waals surface area contributed by atoms with E-state index in [1.54, 1.807) is 0 Å². The van der Waals surface area contributed by atoms with Crippen LogP contribution in [0.2, 0.25) is 5.02 Å². The van der Waals surface area contributed by atoms with Gasteiger partial charge < -0.3 is 9.53 Å². The zero-order valence-corrected chi connectivity index (χ0v) is 8.46. The molecule has 1 aromatic rings. The van der Waals surface area contributed by atoms with Gasteiger partial charge >= 0.3 is 0 Å². The summed E-state index contributed by atoms with van der Waals surface area (Å²) in [5.74, 6) is 0.908. The highest BCUT2D eigenvalue weighted by Crippen LogP contribution is 2.32. The molecule has 0 radical (unpaired) electrons. The first-order valence-corrected chi connectivity index (χ1v) is 5.06. The van der Waals surface area contributed by atoms with Crippen LogP contribution in [-0.2, 0) is 11.2 Å². The summed E-state index contributed by atoms with van der Waals surface area (Å²) in [5.41, 5.74) is 1.15. The molecule has 1 aliphatic heterocycles. The molecule has 74 valence electrons. The lowest BCUT2D eigenvalue weighted by Gasteiger charge is -2.07. The van der Waals surface area contributed by atoms with Crippen LogP contribution in [0.4, 0.5) is 0 Å². The van der Waals surface area contributed by atoms with Crippen LogP contribution in [0, 0.1) is 0 Å². The van der Waals surface area contributed by atoms with Crippen molar-refractivity contribution in [2.24, 2.45) is 0 Å². The summed E-state index contributed by atoms with van der Waals surface area (Å²) < 4.78 is 5.65. The lowest BCUT2D eigenvalue weighted by Crippen LogP contribution is -2.12. The molecule has 14 heavy (non-hydrogen) atoms. The Kier molecular flexibility index (Phi) is 2.73. The van der Waals surface area contributed by atoms with Gasteiger partial charge in [0.1, 0.15) is 18.1 Å². The number of halogens is 1. The average molecular weight is 211 g/mol. The predicted octanol–water partition coefficient (Wildman–Crippen LogP) is 2.62. The van der Waals surface area contributed by atoms with E-state index in [2.05, 4.69) is 0 Å². The van der Waals surface area contributed by atoms with Crippen LogP contribution in [0.3, 0.4) is 0 Å². The Labute approximate surface area is 87.8 Å². The van der Waals surface area contributed by atoms with Crippen LogP contribution in [0.5, 0.6) is 5.75 Å². The predicted molar refractivity (Wildman–Crippen MR) is 54.9 cm³/mol. The first-order valence-electron chi connectivity index (χ1n) is 4.68. The lowest BCUT2D eigenvalue weighted by molar-refractivity contribution is -0.108. The van der Waals surface area contributed by atoms with E-state index < -0.39 is 0 Å². The molecule has 3 heteroatoms. The number of aldehydes is 1. The molecule has 1 unspecified atom stereocenters. The number of ether oxygens (including phenoxy) is 1. The maximum Gasteiger partial charge on any atom is 0.123 e. The minimum Gasteiger partial charge on any atom is -0.490 e. The molecule has 2 rings (SSSR count). The quantitative estimate of drug-likeness (QED) is 0.717. The Hall–Kier alpha value is -1.02. The minimum atomic E-state index is 0.147. The number of fused-ring (bicyclic) bond motifs is 1. The number of hydrogen-bond donors (Lipinski definition) is 0.